The number of pyridine rings is 1. The summed E-state index contributed by atoms with van der Waals surface area (Å²) in [4.78, 5) is 66.4. The Morgan fingerprint density at radius 1 is 1.05 bits per heavy atom. The average molecular weight is 808 g/mol. The van der Waals surface area contributed by atoms with E-state index in [4.69, 9.17) is 40.5 Å². The molecule has 8 atom stereocenters. The number of amides is 3. The van der Waals surface area contributed by atoms with Gasteiger partial charge in [0.1, 0.15) is 57.1 Å². The van der Waals surface area contributed by atoms with E-state index < -0.39 is 53.0 Å². The summed E-state index contributed by atoms with van der Waals surface area (Å²) in [6.07, 6.45) is 3.31. The first-order valence-electron chi connectivity index (χ1n) is 19.2. The highest BCUT2D eigenvalue weighted by atomic mass is 35.5. The second-order valence-electron chi connectivity index (χ2n) is 16.9. The van der Waals surface area contributed by atoms with Crippen LogP contribution in [-0.2, 0) is 23.9 Å². The van der Waals surface area contributed by atoms with Crippen LogP contribution >= 0.6 is 22.9 Å². The molecule has 3 saturated carbocycles. The summed E-state index contributed by atoms with van der Waals surface area (Å²) in [7, 11) is 2.79. The van der Waals surface area contributed by atoms with Gasteiger partial charge in [0.2, 0.25) is 11.8 Å². The lowest BCUT2D eigenvalue weighted by Crippen LogP contribution is -2.59. The largest absolute Gasteiger partial charge is 0.495 e. The molecule has 15 heteroatoms. The standard InChI is InChI=1S/C41H50ClN5O8S/c1-9-23-17-41(23,38(50)53-8)46-35(48)29-15-25(18-47(29)37(49)34(40(4,5)6)45-39(51)55-24-13-21-12-22(21)14-24)54-31-16-27(36-44-28(19-56-36)20(2)3)43-33-26(31)10-11-30(52-7)32(33)42/h9-11,16,19-25,29,34H,1,12-15,17-18H2,2-8H3,(H,45,51)(H,46,48)/t21-,22+,23-,24?,25-,29+,34?,41-/m1/s1. The van der Waals surface area contributed by atoms with Gasteiger partial charge < -0.3 is 34.5 Å². The van der Waals surface area contributed by atoms with Crippen LogP contribution in [-0.4, -0.2) is 89.3 Å². The van der Waals surface area contributed by atoms with Crippen molar-refractivity contribution in [2.75, 3.05) is 20.8 Å². The number of hydrogen-bond acceptors (Lipinski definition) is 11. The Bertz CT molecular complexity index is 2060. The molecule has 7 rings (SSSR count). The topological polar surface area (TPSA) is 158 Å². The minimum absolute atomic E-state index is 0.000109. The minimum atomic E-state index is -1.29. The number of methoxy groups -OCH3 is 2. The van der Waals surface area contributed by atoms with Crippen molar-refractivity contribution in [3.05, 3.63) is 47.0 Å². The number of thiazole rings is 1. The number of hydrogen-bond donors (Lipinski definition) is 2. The number of fused-ring (bicyclic) bond motifs is 2. The van der Waals surface area contributed by atoms with Gasteiger partial charge in [-0.2, -0.15) is 0 Å². The van der Waals surface area contributed by atoms with Crippen molar-refractivity contribution in [1.29, 1.82) is 0 Å². The molecule has 4 aliphatic rings. The highest BCUT2D eigenvalue weighted by Gasteiger charge is 2.62. The molecule has 0 radical (unpaired) electrons. The van der Waals surface area contributed by atoms with Crippen molar-refractivity contribution >= 4 is 57.7 Å². The molecule has 13 nitrogen and oxygen atoms in total. The number of alkyl carbamates (subject to hydrolysis) is 1. The number of rotatable bonds is 12. The van der Waals surface area contributed by atoms with Crippen LogP contribution in [0.2, 0.25) is 5.02 Å². The zero-order chi connectivity index (χ0) is 40.3. The summed E-state index contributed by atoms with van der Waals surface area (Å²) in [6, 6.07) is 3.22. The van der Waals surface area contributed by atoms with Gasteiger partial charge in [0.05, 0.1) is 32.0 Å². The van der Waals surface area contributed by atoms with Crippen molar-refractivity contribution in [2.24, 2.45) is 23.2 Å². The fourth-order valence-corrected chi connectivity index (χ4v) is 9.38. The maximum atomic E-state index is 14.7. The van der Waals surface area contributed by atoms with E-state index in [1.807, 2.05) is 26.2 Å². The molecule has 0 spiro atoms. The number of esters is 1. The average Bonchev–Trinajstić information content (AvgIpc) is 3.79. The van der Waals surface area contributed by atoms with Gasteiger partial charge in [-0.1, -0.05) is 52.3 Å². The molecule has 3 heterocycles. The summed E-state index contributed by atoms with van der Waals surface area (Å²) in [6.45, 7) is 13.5. The third-order valence-electron chi connectivity index (χ3n) is 11.6. The van der Waals surface area contributed by atoms with Gasteiger partial charge in [0.15, 0.2) is 0 Å². The quantitative estimate of drug-likeness (QED) is 0.150. The first-order chi connectivity index (χ1) is 26.6. The van der Waals surface area contributed by atoms with E-state index in [1.165, 1.54) is 36.9 Å². The van der Waals surface area contributed by atoms with Gasteiger partial charge in [0.25, 0.3) is 0 Å². The van der Waals surface area contributed by atoms with Crippen LogP contribution in [0.15, 0.2) is 36.2 Å². The molecule has 1 saturated heterocycles. The third kappa shape index (κ3) is 7.66. The normalized spacial score (nSPS) is 27.0. The number of benzene rings is 1. The Morgan fingerprint density at radius 2 is 1.79 bits per heavy atom. The van der Waals surface area contributed by atoms with Crippen molar-refractivity contribution in [3.8, 4) is 22.2 Å². The Labute approximate surface area is 335 Å². The zero-order valence-electron chi connectivity index (χ0n) is 32.8. The smallest absolute Gasteiger partial charge is 0.408 e. The Kier molecular flexibility index (Phi) is 10.8. The number of likely N-dealkylation sites (tertiary alicyclic amines) is 1. The number of carbonyl (C=O) groups is 4. The number of nitrogens with one attached hydrogen (secondary N) is 2. The van der Waals surface area contributed by atoms with Crippen LogP contribution in [0, 0.1) is 23.2 Å². The summed E-state index contributed by atoms with van der Waals surface area (Å²) < 4.78 is 23.1. The molecule has 2 aromatic heterocycles. The minimum Gasteiger partial charge on any atom is -0.495 e. The second kappa shape index (κ2) is 15.1. The van der Waals surface area contributed by atoms with E-state index in [0.717, 1.165) is 18.5 Å². The molecule has 3 aromatic rings. The van der Waals surface area contributed by atoms with Gasteiger partial charge in [-0.15, -0.1) is 17.9 Å². The molecule has 1 aliphatic heterocycles. The lowest BCUT2D eigenvalue weighted by molar-refractivity contribution is -0.148. The van der Waals surface area contributed by atoms with E-state index in [9.17, 15) is 19.2 Å². The first-order valence-corrected chi connectivity index (χ1v) is 20.4. The van der Waals surface area contributed by atoms with Gasteiger partial charge in [-0.3, -0.25) is 9.59 Å². The fraction of sp³-hybridized carbons (Fsp3) is 0.561. The highest BCUT2D eigenvalue weighted by Crippen LogP contribution is 2.52. The summed E-state index contributed by atoms with van der Waals surface area (Å²) >= 11 is 8.29. The van der Waals surface area contributed by atoms with Crippen molar-refractivity contribution in [1.82, 2.24) is 25.5 Å². The lowest BCUT2D eigenvalue weighted by Gasteiger charge is -2.35. The molecule has 56 heavy (non-hydrogen) atoms. The Balaban J connectivity index is 1.21. The molecule has 300 valence electrons. The van der Waals surface area contributed by atoms with Crippen LogP contribution in [0.3, 0.4) is 0 Å². The number of halogens is 1. The summed E-state index contributed by atoms with van der Waals surface area (Å²) in [5.41, 5.74) is -0.142. The number of carbonyl (C=O) groups excluding carboxylic acids is 4. The molecule has 0 bridgehead atoms. The third-order valence-corrected chi connectivity index (χ3v) is 12.8. The molecule has 3 aliphatic carbocycles. The lowest BCUT2D eigenvalue weighted by atomic mass is 9.85. The van der Waals surface area contributed by atoms with Crippen LogP contribution in [0.5, 0.6) is 11.5 Å². The second-order valence-corrected chi connectivity index (χ2v) is 18.1. The Morgan fingerprint density at radius 3 is 2.39 bits per heavy atom. The number of aromatic nitrogens is 2. The zero-order valence-corrected chi connectivity index (χ0v) is 34.4. The summed E-state index contributed by atoms with van der Waals surface area (Å²) in [5, 5.41) is 9.31. The van der Waals surface area contributed by atoms with Crippen molar-refractivity contribution in [2.45, 2.75) is 102 Å². The van der Waals surface area contributed by atoms with E-state index in [1.54, 1.807) is 24.3 Å². The molecule has 2 N–H and O–H groups in total. The van der Waals surface area contributed by atoms with Crippen LogP contribution in [0.25, 0.3) is 21.6 Å². The monoisotopic (exact) mass is 807 g/mol. The van der Waals surface area contributed by atoms with E-state index in [-0.39, 0.29) is 30.9 Å². The van der Waals surface area contributed by atoms with E-state index in [0.29, 0.717) is 56.4 Å². The Hall–Kier alpha value is -4.43. The predicted molar refractivity (Wildman–Crippen MR) is 212 cm³/mol. The number of ether oxygens (including phenoxy) is 4. The molecular formula is C41H50ClN5O8S. The highest BCUT2D eigenvalue weighted by molar-refractivity contribution is 7.13. The van der Waals surface area contributed by atoms with Gasteiger partial charge in [-0.25, -0.2) is 19.6 Å². The molecule has 1 aromatic carbocycles. The van der Waals surface area contributed by atoms with Crippen LogP contribution in [0.1, 0.15) is 78.3 Å². The fourth-order valence-electron chi connectivity index (χ4n) is 8.16. The van der Waals surface area contributed by atoms with Gasteiger partial charge in [0, 0.05) is 29.2 Å². The van der Waals surface area contributed by atoms with Crippen LogP contribution < -0.4 is 20.1 Å². The van der Waals surface area contributed by atoms with E-state index >= 15 is 0 Å². The van der Waals surface area contributed by atoms with Crippen LogP contribution in [0.4, 0.5) is 4.79 Å². The maximum Gasteiger partial charge on any atom is 0.408 e. The first kappa shape index (κ1) is 39.8. The van der Waals surface area contributed by atoms with Gasteiger partial charge in [-0.05, 0) is 61.0 Å². The molecule has 4 fully saturated rings. The summed E-state index contributed by atoms with van der Waals surface area (Å²) in [5.74, 6) is 0.355. The van der Waals surface area contributed by atoms with E-state index in [2.05, 4.69) is 31.1 Å². The SMILES string of the molecule is C=C[C@@H]1C[C@]1(NC(=O)[C@@H]1C[C@@H](Oc2cc(-c3nc(C(C)C)cs3)nc3c(Cl)c(OC)ccc23)CN1C(=O)C(NC(=O)OC1C[C@@H]2C[C@@H]2C1)C(C)(C)C)C(=O)OC. The predicted octanol–water partition coefficient (Wildman–Crippen LogP) is 6.67. The van der Waals surface area contributed by atoms with Crippen molar-refractivity contribution in [3.63, 3.8) is 0 Å². The van der Waals surface area contributed by atoms with Crippen molar-refractivity contribution < 1.29 is 38.1 Å². The molecule has 2 unspecified atom stereocenters. The molecular weight excluding hydrogens is 758 g/mol. The number of nitrogens with zero attached hydrogens (tertiary/aromatic N) is 3. The molecule has 3 amide bonds. The van der Waals surface area contributed by atoms with Gasteiger partial charge >= 0.3 is 12.1 Å². The maximum absolute atomic E-state index is 14.7.